The number of halogens is 1. The fraction of sp³-hybridized carbons (Fsp3) is 0.435. The minimum Gasteiger partial charge on any atom is -0.465 e. The Kier molecular flexibility index (Phi) is 6.78. The molecular weight excluding hydrogens is 446 g/mol. The van der Waals surface area contributed by atoms with E-state index in [4.69, 9.17) is 16.3 Å². The highest BCUT2D eigenvalue weighted by molar-refractivity contribution is 6.31. The number of ether oxygens (including phenoxy) is 1. The molecule has 33 heavy (non-hydrogen) atoms. The number of carbonyl (C=O) groups is 3. The molecule has 174 valence electrons. The van der Waals surface area contributed by atoms with Crippen LogP contribution >= 0.6 is 11.6 Å². The number of anilines is 1. The van der Waals surface area contributed by atoms with Gasteiger partial charge in [-0.1, -0.05) is 11.6 Å². The molecule has 0 spiro atoms. The van der Waals surface area contributed by atoms with E-state index in [1.54, 1.807) is 18.2 Å². The number of carbonyl (C=O) groups excluding carboxylic acids is 3. The molecule has 2 amide bonds. The standard InChI is InChI=1S/C23H26ClN5O4/c1-33-21(31)18-3-2-17(24)10-19(18)29-8-4-15(5-9-29)11-27-22(32)23(6-7-23)28-20(30)16-12-25-14-26-13-16/h2-3,10,12-15H,4-9,11H2,1H3,(H,27,32)(H,28,30). The maximum atomic E-state index is 12.8. The first-order chi connectivity index (χ1) is 15.9. The number of methoxy groups -OCH3 is 1. The molecule has 1 saturated carbocycles. The number of hydrogen-bond donors (Lipinski definition) is 2. The zero-order valence-corrected chi connectivity index (χ0v) is 19.1. The second kappa shape index (κ2) is 9.74. The monoisotopic (exact) mass is 471 g/mol. The molecule has 1 aromatic heterocycles. The molecular formula is C23H26ClN5O4. The van der Waals surface area contributed by atoms with E-state index < -0.39 is 11.5 Å². The molecule has 10 heteroatoms. The molecule has 0 unspecified atom stereocenters. The Morgan fingerprint density at radius 3 is 2.52 bits per heavy atom. The molecule has 2 fully saturated rings. The molecule has 9 nitrogen and oxygen atoms in total. The van der Waals surface area contributed by atoms with Gasteiger partial charge in [-0.15, -0.1) is 0 Å². The van der Waals surface area contributed by atoms with Gasteiger partial charge < -0.3 is 20.3 Å². The predicted molar refractivity (Wildman–Crippen MR) is 122 cm³/mol. The Hall–Kier alpha value is -3.20. The summed E-state index contributed by atoms with van der Waals surface area (Å²) in [4.78, 5) is 47.1. The fourth-order valence-electron chi connectivity index (χ4n) is 4.07. The van der Waals surface area contributed by atoms with Crippen LogP contribution in [0.5, 0.6) is 0 Å². The van der Waals surface area contributed by atoms with Gasteiger partial charge >= 0.3 is 5.97 Å². The van der Waals surface area contributed by atoms with Crippen LogP contribution in [0, 0.1) is 5.92 Å². The van der Waals surface area contributed by atoms with Gasteiger partial charge in [-0.3, -0.25) is 9.59 Å². The molecule has 0 radical (unpaired) electrons. The number of aromatic nitrogens is 2. The van der Waals surface area contributed by atoms with Crippen molar-refractivity contribution in [1.82, 2.24) is 20.6 Å². The number of rotatable bonds is 7. The van der Waals surface area contributed by atoms with E-state index in [0.717, 1.165) is 31.6 Å². The second-order valence-corrected chi connectivity index (χ2v) is 8.89. The summed E-state index contributed by atoms with van der Waals surface area (Å²) < 4.78 is 4.89. The number of hydrogen-bond acceptors (Lipinski definition) is 7. The average Bonchev–Trinajstić information content (AvgIpc) is 3.63. The molecule has 1 aliphatic carbocycles. The van der Waals surface area contributed by atoms with Crippen molar-refractivity contribution in [1.29, 1.82) is 0 Å². The van der Waals surface area contributed by atoms with Crippen molar-refractivity contribution in [2.45, 2.75) is 31.2 Å². The van der Waals surface area contributed by atoms with Crippen molar-refractivity contribution in [3.63, 3.8) is 0 Å². The molecule has 2 heterocycles. The first-order valence-electron chi connectivity index (χ1n) is 10.9. The summed E-state index contributed by atoms with van der Waals surface area (Å²) in [6, 6.07) is 5.14. The van der Waals surface area contributed by atoms with Crippen LogP contribution in [0.2, 0.25) is 5.02 Å². The summed E-state index contributed by atoms with van der Waals surface area (Å²) in [6.45, 7) is 2.01. The van der Waals surface area contributed by atoms with Gasteiger partial charge in [0.25, 0.3) is 5.91 Å². The number of esters is 1. The number of piperidine rings is 1. The minimum atomic E-state index is -0.843. The van der Waals surface area contributed by atoms with Gasteiger partial charge in [0.15, 0.2) is 0 Å². The molecule has 0 bridgehead atoms. The Balaban J connectivity index is 1.29. The highest BCUT2D eigenvalue weighted by Gasteiger charge is 2.51. The molecule has 4 rings (SSSR count). The van der Waals surface area contributed by atoms with E-state index in [9.17, 15) is 14.4 Å². The third kappa shape index (κ3) is 5.24. The molecule has 2 aliphatic rings. The first kappa shape index (κ1) is 23.0. The van der Waals surface area contributed by atoms with Crippen molar-refractivity contribution >= 4 is 35.1 Å². The summed E-state index contributed by atoms with van der Waals surface area (Å²) in [6.07, 6.45) is 7.14. The third-order valence-corrected chi connectivity index (χ3v) is 6.47. The lowest BCUT2D eigenvalue weighted by Crippen LogP contribution is -2.50. The van der Waals surface area contributed by atoms with Gasteiger partial charge in [0.1, 0.15) is 11.9 Å². The molecule has 1 aromatic carbocycles. The third-order valence-electron chi connectivity index (χ3n) is 6.23. The highest BCUT2D eigenvalue weighted by atomic mass is 35.5. The van der Waals surface area contributed by atoms with Crippen LogP contribution in [0.15, 0.2) is 36.9 Å². The van der Waals surface area contributed by atoms with E-state index in [0.29, 0.717) is 41.5 Å². The first-order valence-corrected chi connectivity index (χ1v) is 11.3. The molecule has 0 atom stereocenters. The van der Waals surface area contributed by atoms with Gasteiger partial charge in [-0.25, -0.2) is 14.8 Å². The van der Waals surface area contributed by atoms with Crippen molar-refractivity contribution < 1.29 is 19.1 Å². The van der Waals surface area contributed by atoms with E-state index in [1.807, 2.05) is 0 Å². The maximum Gasteiger partial charge on any atom is 0.339 e. The molecule has 1 saturated heterocycles. The van der Waals surface area contributed by atoms with Gasteiger partial charge in [-0.2, -0.15) is 0 Å². The summed E-state index contributed by atoms with van der Waals surface area (Å²) in [5.74, 6) is -0.590. The number of amides is 2. The summed E-state index contributed by atoms with van der Waals surface area (Å²) in [7, 11) is 1.36. The SMILES string of the molecule is COC(=O)c1ccc(Cl)cc1N1CCC(CNC(=O)C2(NC(=O)c3cncnc3)CC2)CC1. The maximum absolute atomic E-state index is 12.8. The summed E-state index contributed by atoms with van der Waals surface area (Å²) >= 11 is 6.16. The second-order valence-electron chi connectivity index (χ2n) is 8.46. The Labute approximate surface area is 196 Å². The Bertz CT molecular complexity index is 1040. The summed E-state index contributed by atoms with van der Waals surface area (Å²) in [5, 5.41) is 6.41. The lowest BCUT2D eigenvalue weighted by Gasteiger charge is -2.34. The van der Waals surface area contributed by atoms with E-state index in [2.05, 4.69) is 25.5 Å². The lowest BCUT2D eigenvalue weighted by atomic mass is 9.95. The lowest BCUT2D eigenvalue weighted by molar-refractivity contribution is -0.124. The fourth-order valence-corrected chi connectivity index (χ4v) is 4.24. The normalized spacial score (nSPS) is 17.2. The molecule has 2 N–H and O–H groups in total. The van der Waals surface area contributed by atoms with Gasteiger partial charge in [0.05, 0.1) is 23.9 Å². The number of benzene rings is 1. The van der Waals surface area contributed by atoms with Crippen LogP contribution in [-0.2, 0) is 9.53 Å². The Morgan fingerprint density at radius 1 is 1.18 bits per heavy atom. The van der Waals surface area contributed by atoms with Crippen LogP contribution < -0.4 is 15.5 Å². The van der Waals surface area contributed by atoms with E-state index >= 15 is 0 Å². The van der Waals surface area contributed by atoms with Crippen molar-refractivity contribution in [2.24, 2.45) is 5.92 Å². The largest absolute Gasteiger partial charge is 0.465 e. The van der Waals surface area contributed by atoms with E-state index in [1.165, 1.54) is 25.8 Å². The molecule has 2 aromatic rings. The average molecular weight is 472 g/mol. The van der Waals surface area contributed by atoms with Gasteiger partial charge in [0.2, 0.25) is 5.91 Å². The quantitative estimate of drug-likeness (QED) is 0.595. The topological polar surface area (TPSA) is 114 Å². The Morgan fingerprint density at radius 2 is 1.88 bits per heavy atom. The van der Waals surface area contributed by atoms with Crippen molar-refractivity contribution in [3.8, 4) is 0 Å². The van der Waals surface area contributed by atoms with Crippen LogP contribution in [0.25, 0.3) is 0 Å². The predicted octanol–water partition coefficient (Wildman–Crippen LogP) is 2.21. The van der Waals surface area contributed by atoms with Gasteiger partial charge in [-0.05, 0) is 49.8 Å². The minimum absolute atomic E-state index is 0.155. The van der Waals surface area contributed by atoms with Crippen LogP contribution in [0.4, 0.5) is 5.69 Å². The van der Waals surface area contributed by atoms with Crippen LogP contribution in [0.1, 0.15) is 46.4 Å². The van der Waals surface area contributed by atoms with Crippen LogP contribution in [0.3, 0.4) is 0 Å². The number of nitrogens with one attached hydrogen (secondary N) is 2. The van der Waals surface area contributed by atoms with Gasteiger partial charge in [0, 0.05) is 37.1 Å². The smallest absolute Gasteiger partial charge is 0.339 e. The van der Waals surface area contributed by atoms with E-state index in [-0.39, 0.29) is 11.8 Å². The molecule has 1 aliphatic heterocycles. The van der Waals surface area contributed by atoms with Crippen molar-refractivity contribution in [2.75, 3.05) is 31.6 Å². The highest BCUT2D eigenvalue weighted by Crippen LogP contribution is 2.36. The van der Waals surface area contributed by atoms with Crippen LogP contribution in [-0.4, -0.2) is 60.0 Å². The summed E-state index contributed by atoms with van der Waals surface area (Å²) in [5.41, 5.74) is 0.741. The number of nitrogens with zero attached hydrogens (tertiary/aromatic N) is 3. The van der Waals surface area contributed by atoms with Crippen molar-refractivity contribution in [3.05, 3.63) is 53.1 Å². The zero-order chi connectivity index (χ0) is 23.4. The zero-order valence-electron chi connectivity index (χ0n) is 18.3.